The first-order valence-corrected chi connectivity index (χ1v) is 6.12. The molecule has 0 aliphatic carbocycles. The number of nitro benzene ring substituents is 1. The Bertz CT molecular complexity index is 589. The van der Waals surface area contributed by atoms with Gasteiger partial charge in [0.15, 0.2) is 0 Å². The Labute approximate surface area is 121 Å². The molecule has 21 heavy (non-hydrogen) atoms. The third-order valence-electron chi connectivity index (χ3n) is 2.35. The molecule has 0 aliphatic rings. The second kappa shape index (κ2) is 7.85. The van der Waals surface area contributed by atoms with Gasteiger partial charge in [-0.05, 0) is 24.0 Å². The zero-order valence-corrected chi connectivity index (χ0v) is 11.6. The van der Waals surface area contributed by atoms with Crippen molar-refractivity contribution in [2.24, 2.45) is 5.92 Å². The molecule has 0 aliphatic heterocycles. The number of rotatable bonds is 5. The van der Waals surface area contributed by atoms with Crippen LogP contribution in [0, 0.1) is 28.1 Å². The lowest BCUT2D eigenvalue weighted by atomic mass is 10.1. The molecule has 1 aromatic carbocycles. The van der Waals surface area contributed by atoms with Crippen LogP contribution in [-0.2, 0) is 16.1 Å². The van der Waals surface area contributed by atoms with E-state index >= 15 is 0 Å². The first-order chi connectivity index (χ1) is 9.93. The summed E-state index contributed by atoms with van der Waals surface area (Å²) in [5.41, 5.74) is 0.120. The fourth-order valence-corrected chi connectivity index (χ4v) is 1.42. The van der Waals surface area contributed by atoms with E-state index in [-0.39, 0.29) is 35.9 Å². The van der Waals surface area contributed by atoms with Crippen molar-refractivity contribution in [3.05, 3.63) is 39.4 Å². The standard InChI is InChI=1S/C14H14FNO5/c1-10(2)8-20-14(17)21-9-12-7-11(5-6-15)3-4-13(12)16(18)19/h3-4,7,10H,8-9H2,1-2H3. The molecule has 1 aromatic rings. The highest BCUT2D eigenvalue weighted by atomic mass is 19.1. The zero-order chi connectivity index (χ0) is 15.8. The molecule has 0 heterocycles. The van der Waals surface area contributed by atoms with Crippen molar-refractivity contribution in [1.82, 2.24) is 0 Å². The van der Waals surface area contributed by atoms with Gasteiger partial charge >= 0.3 is 6.16 Å². The lowest BCUT2D eigenvalue weighted by Crippen LogP contribution is -2.12. The van der Waals surface area contributed by atoms with E-state index in [4.69, 9.17) is 9.47 Å². The number of nitrogens with zero attached hydrogens (tertiary/aromatic N) is 1. The predicted molar refractivity (Wildman–Crippen MR) is 72.1 cm³/mol. The SMILES string of the molecule is CC(C)COC(=O)OCc1cc(C#CF)ccc1[N+](=O)[O-]. The van der Waals surface area contributed by atoms with Gasteiger partial charge in [0.25, 0.3) is 5.69 Å². The molecule has 0 bridgehead atoms. The Morgan fingerprint density at radius 3 is 2.71 bits per heavy atom. The molecule has 0 saturated carbocycles. The quantitative estimate of drug-likeness (QED) is 0.361. The number of carbonyl (C=O) groups is 1. The van der Waals surface area contributed by atoms with Crippen LogP contribution < -0.4 is 0 Å². The largest absolute Gasteiger partial charge is 0.508 e. The average molecular weight is 295 g/mol. The highest BCUT2D eigenvalue weighted by Gasteiger charge is 2.16. The van der Waals surface area contributed by atoms with Crippen molar-refractivity contribution >= 4 is 11.8 Å². The van der Waals surface area contributed by atoms with E-state index < -0.39 is 11.1 Å². The number of nitro groups is 1. The average Bonchev–Trinajstić information content (AvgIpc) is 2.43. The molecule has 0 aromatic heterocycles. The minimum atomic E-state index is -0.917. The summed E-state index contributed by atoms with van der Waals surface area (Å²) in [6, 6.07) is 3.78. The molecule has 0 fully saturated rings. The molecule has 0 saturated heterocycles. The summed E-state index contributed by atoms with van der Waals surface area (Å²) < 4.78 is 21.5. The minimum absolute atomic E-state index is 0.113. The van der Waals surface area contributed by atoms with E-state index in [9.17, 15) is 19.3 Å². The van der Waals surface area contributed by atoms with E-state index in [0.717, 1.165) is 0 Å². The van der Waals surface area contributed by atoms with E-state index in [1.807, 2.05) is 13.8 Å². The van der Waals surface area contributed by atoms with Crippen LogP contribution in [0.4, 0.5) is 14.9 Å². The van der Waals surface area contributed by atoms with E-state index in [2.05, 4.69) is 5.92 Å². The van der Waals surface area contributed by atoms with Crippen molar-refractivity contribution in [2.45, 2.75) is 20.5 Å². The Kier molecular flexibility index (Phi) is 6.14. The fraction of sp³-hybridized carbons (Fsp3) is 0.357. The maximum Gasteiger partial charge on any atom is 0.508 e. The summed E-state index contributed by atoms with van der Waals surface area (Å²) in [7, 11) is 0. The van der Waals surface area contributed by atoms with Gasteiger partial charge in [-0.15, -0.1) is 4.39 Å². The third kappa shape index (κ3) is 5.48. The highest BCUT2D eigenvalue weighted by Crippen LogP contribution is 2.21. The number of hydrogen-bond donors (Lipinski definition) is 0. The van der Waals surface area contributed by atoms with Gasteiger partial charge in [0.2, 0.25) is 0 Å². The first-order valence-electron chi connectivity index (χ1n) is 6.12. The molecule has 7 heteroatoms. The Morgan fingerprint density at radius 2 is 2.14 bits per heavy atom. The predicted octanol–water partition coefficient (Wildman–Crippen LogP) is 3.18. The van der Waals surface area contributed by atoms with Crippen LogP contribution in [-0.4, -0.2) is 17.7 Å². The van der Waals surface area contributed by atoms with Crippen LogP contribution in [0.5, 0.6) is 0 Å². The van der Waals surface area contributed by atoms with Gasteiger partial charge in [0, 0.05) is 11.6 Å². The second-order valence-corrected chi connectivity index (χ2v) is 4.56. The summed E-state index contributed by atoms with van der Waals surface area (Å²) in [5.74, 6) is 2.28. The zero-order valence-electron chi connectivity index (χ0n) is 11.6. The van der Waals surface area contributed by atoms with E-state index in [1.165, 1.54) is 24.4 Å². The Morgan fingerprint density at radius 1 is 1.43 bits per heavy atom. The summed E-state index contributed by atoms with van der Waals surface area (Å²) in [6.07, 6.45) is 0.289. The van der Waals surface area contributed by atoms with Crippen LogP contribution >= 0.6 is 0 Å². The molecular weight excluding hydrogens is 281 g/mol. The first kappa shape index (κ1) is 16.4. The molecule has 1 rings (SSSR count). The highest BCUT2D eigenvalue weighted by molar-refractivity contribution is 5.60. The molecule has 0 spiro atoms. The number of hydrogen-bond acceptors (Lipinski definition) is 5. The smallest absolute Gasteiger partial charge is 0.434 e. The molecule has 0 atom stereocenters. The van der Waals surface area contributed by atoms with Gasteiger partial charge in [0.1, 0.15) is 12.8 Å². The van der Waals surface area contributed by atoms with Gasteiger partial charge in [-0.1, -0.05) is 13.8 Å². The monoisotopic (exact) mass is 295 g/mol. The van der Waals surface area contributed by atoms with Gasteiger partial charge in [-0.25, -0.2) is 4.79 Å². The minimum Gasteiger partial charge on any atom is -0.434 e. The number of ether oxygens (including phenoxy) is 2. The number of benzene rings is 1. The second-order valence-electron chi connectivity index (χ2n) is 4.56. The topological polar surface area (TPSA) is 78.7 Å². The molecule has 0 amide bonds. The maximum absolute atomic E-state index is 12.0. The van der Waals surface area contributed by atoms with Gasteiger partial charge in [-0.3, -0.25) is 10.1 Å². The van der Waals surface area contributed by atoms with Crippen LogP contribution in [0.1, 0.15) is 25.0 Å². The van der Waals surface area contributed by atoms with Crippen molar-refractivity contribution in [1.29, 1.82) is 0 Å². The molecule has 6 nitrogen and oxygen atoms in total. The fourth-order valence-electron chi connectivity index (χ4n) is 1.42. The van der Waals surface area contributed by atoms with Gasteiger partial charge in [0.05, 0.1) is 17.1 Å². The van der Waals surface area contributed by atoms with Gasteiger partial charge < -0.3 is 9.47 Å². The summed E-state index contributed by atoms with van der Waals surface area (Å²) >= 11 is 0. The maximum atomic E-state index is 12.0. The van der Waals surface area contributed by atoms with Crippen LogP contribution in [0.15, 0.2) is 18.2 Å². The number of carbonyl (C=O) groups excluding carboxylic acids is 1. The van der Waals surface area contributed by atoms with Crippen molar-refractivity contribution < 1.29 is 23.6 Å². The summed E-state index contributed by atoms with van der Waals surface area (Å²) in [6.45, 7) is 3.55. The van der Waals surface area contributed by atoms with Crippen LogP contribution in [0.2, 0.25) is 0 Å². The Balaban J connectivity index is 2.79. The van der Waals surface area contributed by atoms with Crippen molar-refractivity contribution in [3.8, 4) is 12.1 Å². The third-order valence-corrected chi connectivity index (χ3v) is 2.35. The van der Waals surface area contributed by atoms with Crippen LogP contribution in [0.3, 0.4) is 0 Å². The Hall–Kier alpha value is -2.62. The van der Waals surface area contributed by atoms with E-state index in [1.54, 1.807) is 0 Å². The van der Waals surface area contributed by atoms with E-state index in [0.29, 0.717) is 0 Å². The molecule has 112 valence electrons. The van der Waals surface area contributed by atoms with Crippen molar-refractivity contribution in [2.75, 3.05) is 6.61 Å². The lowest BCUT2D eigenvalue weighted by molar-refractivity contribution is -0.385. The summed E-state index contributed by atoms with van der Waals surface area (Å²) in [4.78, 5) is 21.6. The van der Waals surface area contributed by atoms with Crippen molar-refractivity contribution in [3.63, 3.8) is 0 Å². The normalized spacial score (nSPS) is 9.71. The summed E-state index contributed by atoms with van der Waals surface area (Å²) in [5, 5.41) is 10.9. The molecular formula is C14H14FNO5. The number of halogens is 1. The molecule has 0 N–H and O–H groups in total. The molecule has 0 radical (unpaired) electrons. The van der Waals surface area contributed by atoms with Crippen LogP contribution in [0.25, 0.3) is 0 Å². The lowest BCUT2D eigenvalue weighted by Gasteiger charge is -2.08. The molecule has 0 unspecified atom stereocenters. The van der Waals surface area contributed by atoms with Gasteiger partial charge in [-0.2, -0.15) is 0 Å².